The summed E-state index contributed by atoms with van der Waals surface area (Å²) >= 11 is 1.33. The van der Waals surface area contributed by atoms with E-state index in [-0.39, 0.29) is 18.4 Å². The summed E-state index contributed by atoms with van der Waals surface area (Å²) in [4.78, 5) is 29.2. The summed E-state index contributed by atoms with van der Waals surface area (Å²) in [7, 11) is 0. The average molecular weight is 429 g/mol. The van der Waals surface area contributed by atoms with E-state index in [0.29, 0.717) is 10.6 Å². The Kier molecular flexibility index (Phi) is 6.23. The molecule has 0 unspecified atom stereocenters. The van der Waals surface area contributed by atoms with Crippen LogP contribution in [0, 0.1) is 6.92 Å². The summed E-state index contributed by atoms with van der Waals surface area (Å²) in [5.74, 6) is -0.574. The normalized spacial score (nSPS) is 13.8. The van der Waals surface area contributed by atoms with E-state index >= 15 is 0 Å². The number of amides is 2. The van der Waals surface area contributed by atoms with Gasteiger partial charge in [-0.3, -0.25) is 14.5 Å². The van der Waals surface area contributed by atoms with Crippen molar-refractivity contribution in [2.75, 3.05) is 5.32 Å². The van der Waals surface area contributed by atoms with E-state index < -0.39 is 0 Å². The quantitative estimate of drug-likeness (QED) is 0.502. The standard InChI is InChI=1S/C26H24N2O2S/c1-3-19-11-13-21(14-12-19)27-23-24(31-22-15-9-18(2)10-16-22)26(30)28(25(23)29)17-20-7-5-4-6-8-20/h4-16,27H,3,17H2,1-2H3. The van der Waals surface area contributed by atoms with E-state index in [0.717, 1.165) is 28.1 Å². The molecule has 156 valence electrons. The molecule has 4 rings (SSSR count). The zero-order chi connectivity index (χ0) is 21.8. The number of nitrogens with one attached hydrogen (secondary N) is 1. The first-order valence-corrected chi connectivity index (χ1v) is 11.1. The number of hydrogen-bond acceptors (Lipinski definition) is 4. The highest BCUT2D eigenvalue weighted by Gasteiger charge is 2.39. The van der Waals surface area contributed by atoms with Crippen LogP contribution in [0.3, 0.4) is 0 Å². The Labute approximate surface area is 187 Å². The number of carbonyl (C=O) groups excluding carboxylic acids is 2. The van der Waals surface area contributed by atoms with Crippen molar-refractivity contribution >= 4 is 29.3 Å². The Hall–Kier alpha value is -3.31. The van der Waals surface area contributed by atoms with Crippen molar-refractivity contribution in [1.29, 1.82) is 0 Å². The molecule has 4 nitrogen and oxygen atoms in total. The van der Waals surface area contributed by atoms with Crippen molar-refractivity contribution in [2.45, 2.75) is 31.7 Å². The Morgan fingerprint density at radius 3 is 2.13 bits per heavy atom. The van der Waals surface area contributed by atoms with Crippen LogP contribution in [0.25, 0.3) is 0 Å². The molecule has 0 radical (unpaired) electrons. The van der Waals surface area contributed by atoms with Crippen LogP contribution in [-0.4, -0.2) is 16.7 Å². The highest BCUT2D eigenvalue weighted by atomic mass is 32.2. The zero-order valence-corrected chi connectivity index (χ0v) is 18.4. The molecule has 3 aromatic rings. The molecule has 0 spiro atoms. The van der Waals surface area contributed by atoms with E-state index in [9.17, 15) is 9.59 Å². The summed E-state index contributed by atoms with van der Waals surface area (Å²) in [6.45, 7) is 4.37. The topological polar surface area (TPSA) is 49.4 Å². The fourth-order valence-corrected chi connectivity index (χ4v) is 4.31. The summed E-state index contributed by atoms with van der Waals surface area (Å²) < 4.78 is 0. The van der Waals surface area contributed by atoms with Gasteiger partial charge in [-0.1, -0.05) is 78.8 Å². The first-order valence-electron chi connectivity index (χ1n) is 10.3. The van der Waals surface area contributed by atoms with Gasteiger partial charge in [-0.2, -0.15) is 0 Å². The van der Waals surface area contributed by atoms with Crippen molar-refractivity contribution in [2.24, 2.45) is 0 Å². The molecule has 2 amide bonds. The molecule has 5 heteroatoms. The van der Waals surface area contributed by atoms with E-state index in [1.54, 1.807) is 0 Å². The lowest BCUT2D eigenvalue weighted by atomic mass is 10.1. The predicted octanol–water partition coefficient (Wildman–Crippen LogP) is 5.54. The van der Waals surface area contributed by atoms with Crippen LogP contribution >= 0.6 is 11.8 Å². The predicted molar refractivity (Wildman–Crippen MR) is 126 cm³/mol. The number of benzene rings is 3. The molecule has 0 saturated carbocycles. The van der Waals surface area contributed by atoms with E-state index in [4.69, 9.17) is 0 Å². The molecule has 0 atom stereocenters. The molecule has 0 saturated heterocycles. The van der Waals surface area contributed by atoms with E-state index in [1.165, 1.54) is 22.2 Å². The molecule has 1 N–H and O–H groups in total. The van der Waals surface area contributed by atoms with Crippen molar-refractivity contribution < 1.29 is 9.59 Å². The lowest BCUT2D eigenvalue weighted by molar-refractivity contribution is -0.137. The second kappa shape index (κ2) is 9.23. The Bertz CT molecular complexity index is 1120. The second-order valence-electron chi connectivity index (χ2n) is 7.48. The van der Waals surface area contributed by atoms with Gasteiger partial charge in [0.2, 0.25) is 0 Å². The van der Waals surface area contributed by atoms with Crippen LogP contribution < -0.4 is 5.32 Å². The number of aryl methyl sites for hydroxylation is 2. The molecule has 1 aliphatic heterocycles. The molecule has 1 aliphatic rings. The van der Waals surface area contributed by atoms with Gasteiger partial charge in [0, 0.05) is 10.6 Å². The zero-order valence-electron chi connectivity index (χ0n) is 17.6. The lowest BCUT2D eigenvalue weighted by Gasteiger charge is -2.15. The maximum absolute atomic E-state index is 13.3. The average Bonchev–Trinajstić information content (AvgIpc) is 3.01. The maximum Gasteiger partial charge on any atom is 0.278 e. The van der Waals surface area contributed by atoms with Crippen LogP contribution in [0.15, 0.2) is 94.4 Å². The number of hydrogen-bond donors (Lipinski definition) is 1. The van der Waals surface area contributed by atoms with Crippen LogP contribution in [-0.2, 0) is 22.6 Å². The highest BCUT2D eigenvalue weighted by Crippen LogP contribution is 2.36. The molecule has 31 heavy (non-hydrogen) atoms. The van der Waals surface area contributed by atoms with Gasteiger partial charge in [-0.25, -0.2) is 0 Å². The molecule has 3 aromatic carbocycles. The van der Waals surface area contributed by atoms with Gasteiger partial charge < -0.3 is 5.32 Å². The fraction of sp³-hybridized carbons (Fsp3) is 0.154. The Morgan fingerprint density at radius 2 is 1.48 bits per heavy atom. The largest absolute Gasteiger partial charge is 0.350 e. The third kappa shape index (κ3) is 4.72. The summed E-state index contributed by atoms with van der Waals surface area (Å²) in [6, 6.07) is 25.5. The van der Waals surface area contributed by atoms with Gasteiger partial charge in [0.05, 0.1) is 6.54 Å². The Balaban J connectivity index is 1.66. The minimum absolute atomic E-state index is 0.246. The number of anilines is 1. The van der Waals surface area contributed by atoms with Gasteiger partial charge in [0.15, 0.2) is 0 Å². The van der Waals surface area contributed by atoms with Crippen molar-refractivity contribution in [3.63, 3.8) is 0 Å². The minimum Gasteiger partial charge on any atom is -0.350 e. The van der Waals surface area contributed by atoms with Gasteiger partial charge in [-0.15, -0.1) is 0 Å². The summed E-state index contributed by atoms with van der Waals surface area (Å²) in [5.41, 5.74) is 4.39. The van der Waals surface area contributed by atoms with Gasteiger partial charge in [-0.05, 0) is 48.7 Å². The first kappa shape index (κ1) is 20.9. The Morgan fingerprint density at radius 1 is 0.806 bits per heavy atom. The number of carbonyl (C=O) groups is 2. The molecule has 0 fully saturated rings. The van der Waals surface area contributed by atoms with Crippen molar-refractivity contribution in [1.82, 2.24) is 4.90 Å². The molecule has 1 heterocycles. The smallest absolute Gasteiger partial charge is 0.278 e. The van der Waals surface area contributed by atoms with Gasteiger partial charge in [0.25, 0.3) is 11.8 Å². The van der Waals surface area contributed by atoms with Crippen LogP contribution in [0.2, 0.25) is 0 Å². The molecular weight excluding hydrogens is 404 g/mol. The third-order valence-corrected chi connectivity index (χ3v) is 6.27. The lowest BCUT2D eigenvalue weighted by Crippen LogP contribution is -2.31. The monoisotopic (exact) mass is 428 g/mol. The summed E-state index contributed by atoms with van der Waals surface area (Å²) in [5, 5.41) is 3.22. The van der Waals surface area contributed by atoms with E-state index in [1.807, 2.05) is 85.8 Å². The SMILES string of the molecule is CCc1ccc(NC2=C(Sc3ccc(C)cc3)C(=O)N(Cc3ccccc3)C2=O)cc1. The van der Waals surface area contributed by atoms with Crippen molar-refractivity contribution in [3.05, 3.63) is 106 Å². The van der Waals surface area contributed by atoms with Crippen LogP contribution in [0.1, 0.15) is 23.6 Å². The van der Waals surface area contributed by atoms with E-state index in [2.05, 4.69) is 12.2 Å². The number of imide groups is 1. The minimum atomic E-state index is -0.303. The number of rotatable bonds is 7. The number of nitrogens with zero attached hydrogens (tertiary/aromatic N) is 1. The highest BCUT2D eigenvalue weighted by molar-refractivity contribution is 8.04. The number of thioether (sulfide) groups is 1. The van der Waals surface area contributed by atoms with Crippen molar-refractivity contribution in [3.8, 4) is 0 Å². The fourth-order valence-electron chi connectivity index (χ4n) is 3.36. The van der Waals surface area contributed by atoms with Gasteiger partial charge >= 0.3 is 0 Å². The molecular formula is C26H24N2O2S. The summed E-state index contributed by atoms with van der Waals surface area (Å²) in [6.07, 6.45) is 0.944. The third-order valence-electron chi connectivity index (χ3n) is 5.18. The molecule has 0 bridgehead atoms. The second-order valence-corrected chi connectivity index (χ2v) is 8.56. The van der Waals surface area contributed by atoms with Crippen LogP contribution in [0.5, 0.6) is 0 Å². The maximum atomic E-state index is 13.3. The van der Waals surface area contributed by atoms with Crippen LogP contribution in [0.4, 0.5) is 5.69 Å². The first-order chi connectivity index (χ1) is 15.0. The van der Waals surface area contributed by atoms with Gasteiger partial charge in [0.1, 0.15) is 10.6 Å². The molecule has 0 aromatic heterocycles. The molecule has 0 aliphatic carbocycles.